The molecule has 1 amide bonds. The van der Waals surface area contributed by atoms with Gasteiger partial charge in [0.2, 0.25) is 0 Å². The quantitative estimate of drug-likeness (QED) is 0.785. The number of carbonyl (C=O) groups excluding carboxylic acids is 2. The second-order valence-electron chi connectivity index (χ2n) is 7.88. The predicted octanol–water partition coefficient (Wildman–Crippen LogP) is 3.14. The van der Waals surface area contributed by atoms with Crippen molar-refractivity contribution in [1.29, 1.82) is 0 Å². The highest BCUT2D eigenvalue weighted by atomic mass is 16.6. The third kappa shape index (κ3) is 6.67. The van der Waals surface area contributed by atoms with Gasteiger partial charge in [-0.05, 0) is 57.9 Å². The van der Waals surface area contributed by atoms with Gasteiger partial charge < -0.3 is 20.5 Å². The minimum absolute atomic E-state index is 0.0559. The van der Waals surface area contributed by atoms with Crippen LogP contribution in [0, 0.1) is 5.92 Å². The molecule has 1 fully saturated rings. The molecule has 0 radical (unpaired) electrons. The second kappa shape index (κ2) is 9.03. The Balaban J connectivity index is 1.70. The predicted molar refractivity (Wildman–Crippen MR) is 99.3 cm³/mol. The van der Waals surface area contributed by atoms with Gasteiger partial charge in [0.25, 0.3) is 0 Å². The number of amides is 1. The molecule has 0 bridgehead atoms. The summed E-state index contributed by atoms with van der Waals surface area (Å²) in [5, 5.41) is 2.90. The molecule has 1 aromatic rings. The molecule has 0 heterocycles. The highest BCUT2D eigenvalue weighted by Crippen LogP contribution is 2.27. The lowest BCUT2D eigenvalue weighted by atomic mass is 9.82. The number of hydrogen-bond donors (Lipinski definition) is 2. The largest absolute Gasteiger partial charge is 0.459 e. The SMILES string of the molecule is CC(C)(C)OC(=O)C(N)[C@H]1CC[C@H](NC(=O)OCc2ccccc2)CC1. The molecular formula is C20H30N2O4. The smallest absolute Gasteiger partial charge is 0.407 e. The summed E-state index contributed by atoms with van der Waals surface area (Å²) in [5.41, 5.74) is 6.49. The maximum absolute atomic E-state index is 12.1. The van der Waals surface area contributed by atoms with E-state index in [1.54, 1.807) is 0 Å². The van der Waals surface area contributed by atoms with Crippen LogP contribution < -0.4 is 11.1 Å². The lowest BCUT2D eigenvalue weighted by Gasteiger charge is -2.32. The Kier molecular flexibility index (Phi) is 7.03. The molecule has 6 heteroatoms. The highest BCUT2D eigenvalue weighted by Gasteiger charge is 2.32. The van der Waals surface area contributed by atoms with Gasteiger partial charge in [-0.1, -0.05) is 30.3 Å². The van der Waals surface area contributed by atoms with E-state index in [1.807, 2.05) is 51.1 Å². The number of rotatable bonds is 5. The van der Waals surface area contributed by atoms with E-state index in [4.69, 9.17) is 15.2 Å². The number of nitrogens with one attached hydrogen (secondary N) is 1. The van der Waals surface area contributed by atoms with Crippen LogP contribution in [0.25, 0.3) is 0 Å². The van der Waals surface area contributed by atoms with Crippen LogP contribution in [0.2, 0.25) is 0 Å². The summed E-state index contributed by atoms with van der Waals surface area (Å²) in [6.07, 6.45) is 2.71. The van der Waals surface area contributed by atoms with Crippen LogP contribution in [-0.2, 0) is 20.9 Å². The Hall–Kier alpha value is -2.08. The average Bonchev–Trinajstić information content (AvgIpc) is 2.59. The zero-order valence-electron chi connectivity index (χ0n) is 15.9. The molecule has 1 aromatic carbocycles. The fourth-order valence-electron chi connectivity index (χ4n) is 3.12. The van der Waals surface area contributed by atoms with Crippen molar-refractivity contribution in [1.82, 2.24) is 5.32 Å². The molecule has 1 aliphatic rings. The molecule has 0 saturated heterocycles. The third-order valence-corrected chi connectivity index (χ3v) is 4.49. The fraction of sp³-hybridized carbons (Fsp3) is 0.600. The maximum atomic E-state index is 12.1. The topological polar surface area (TPSA) is 90.6 Å². The number of hydrogen-bond acceptors (Lipinski definition) is 5. The van der Waals surface area contributed by atoms with Crippen LogP contribution in [0.4, 0.5) is 4.79 Å². The molecule has 3 N–H and O–H groups in total. The number of benzene rings is 1. The van der Waals surface area contributed by atoms with Crippen LogP contribution in [0.15, 0.2) is 30.3 Å². The minimum Gasteiger partial charge on any atom is -0.459 e. The number of carbonyl (C=O) groups is 2. The van der Waals surface area contributed by atoms with Crippen molar-refractivity contribution in [2.24, 2.45) is 11.7 Å². The van der Waals surface area contributed by atoms with Crippen molar-refractivity contribution in [2.45, 2.75) is 70.7 Å². The first-order chi connectivity index (χ1) is 12.2. The first-order valence-electron chi connectivity index (χ1n) is 9.20. The molecule has 144 valence electrons. The fourth-order valence-corrected chi connectivity index (χ4v) is 3.12. The summed E-state index contributed by atoms with van der Waals surface area (Å²) in [5.74, 6) is -0.264. The molecule has 1 atom stereocenters. The minimum atomic E-state index is -0.611. The Morgan fingerprint density at radius 1 is 1.15 bits per heavy atom. The molecule has 0 aromatic heterocycles. The normalized spacial score (nSPS) is 21.5. The van der Waals surface area contributed by atoms with Crippen molar-refractivity contribution in [3.05, 3.63) is 35.9 Å². The summed E-state index contributed by atoms with van der Waals surface area (Å²) in [6, 6.07) is 9.01. The average molecular weight is 362 g/mol. The van der Waals surface area contributed by atoms with Crippen LogP contribution in [0.3, 0.4) is 0 Å². The van der Waals surface area contributed by atoms with Crippen molar-refractivity contribution in [3.63, 3.8) is 0 Å². The van der Waals surface area contributed by atoms with E-state index in [1.165, 1.54) is 0 Å². The van der Waals surface area contributed by atoms with Gasteiger partial charge in [-0.2, -0.15) is 0 Å². The van der Waals surface area contributed by atoms with Gasteiger partial charge in [-0.15, -0.1) is 0 Å². The van der Waals surface area contributed by atoms with Gasteiger partial charge in [0, 0.05) is 6.04 Å². The van der Waals surface area contributed by atoms with Gasteiger partial charge in [-0.25, -0.2) is 4.79 Å². The molecule has 6 nitrogen and oxygen atoms in total. The van der Waals surface area contributed by atoms with E-state index in [9.17, 15) is 9.59 Å². The van der Waals surface area contributed by atoms with Crippen LogP contribution in [0.5, 0.6) is 0 Å². The summed E-state index contributed by atoms with van der Waals surface area (Å²) < 4.78 is 10.6. The van der Waals surface area contributed by atoms with Crippen molar-refractivity contribution >= 4 is 12.1 Å². The molecule has 1 aliphatic carbocycles. The van der Waals surface area contributed by atoms with Gasteiger partial charge in [0.15, 0.2) is 0 Å². The Bertz CT molecular complexity index is 590. The van der Waals surface area contributed by atoms with E-state index in [0.717, 1.165) is 31.2 Å². The first kappa shape index (κ1) is 20.2. The number of esters is 1. The number of ether oxygens (including phenoxy) is 2. The lowest BCUT2D eigenvalue weighted by Crippen LogP contribution is -2.46. The Morgan fingerprint density at radius 2 is 1.77 bits per heavy atom. The number of nitrogens with two attached hydrogens (primary N) is 1. The Labute approximate surface area is 155 Å². The van der Waals surface area contributed by atoms with E-state index in [2.05, 4.69) is 5.32 Å². The molecule has 1 saturated carbocycles. The van der Waals surface area contributed by atoms with Gasteiger partial charge in [0.05, 0.1) is 0 Å². The Morgan fingerprint density at radius 3 is 2.35 bits per heavy atom. The third-order valence-electron chi connectivity index (χ3n) is 4.49. The van der Waals surface area contributed by atoms with E-state index in [0.29, 0.717) is 0 Å². The standard InChI is InChI=1S/C20H30N2O4/c1-20(2,3)26-18(23)17(21)15-9-11-16(12-10-15)22-19(24)25-13-14-7-5-4-6-8-14/h4-8,15-17H,9-13,21H2,1-3H3,(H,22,24)/t15-,16-,17?. The lowest BCUT2D eigenvalue weighted by molar-refractivity contribution is -0.158. The molecule has 0 aliphatic heterocycles. The summed E-state index contributed by atoms with van der Waals surface area (Å²) in [6.45, 7) is 5.75. The van der Waals surface area contributed by atoms with E-state index >= 15 is 0 Å². The van der Waals surface area contributed by atoms with Crippen molar-refractivity contribution in [2.75, 3.05) is 0 Å². The van der Waals surface area contributed by atoms with E-state index in [-0.39, 0.29) is 24.5 Å². The van der Waals surface area contributed by atoms with Crippen LogP contribution in [0.1, 0.15) is 52.0 Å². The maximum Gasteiger partial charge on any atom is 0.407 e. The summed E-state index contributed by atoms with van der Waals surface area (Å²) in [4.78, 5) is 24.0. The van der Waals surface area contributed by atoms with Gasteiger partial charge in [-0.3, -0.25) is 4.79 Å². The highest BCUT2D eigenvalue weighted by molar-refractivity contribution is 5.76. The van der Waals surface area contributed by atoms with E-state index < -0.39 is 17.7 Å². The van der Waals surface area contributed by atoms with Crippen molar-refractivity contribution < 1.29 is 19.1 Å². The molecule has 1 unspecified atom stereocenters. The monoisotopic (exact) mass is 362 g/mol. The van der Waals surface area contributed by atoms with Crippen LogP contribution >= 0.6 is 0 Å². The number of alkyl carbamates (subject to hydrolysis) is 1. The van der Waals surface area contributed by atoms with Gasteiger partial charge in [0.1, 0.15) is 18.2 Å². The zero-order valence-corrected chi connectivity index (χ0v) is 15.9. The van der Waals surface area contributed by atoms with Crippen molar-refractivity contribution in [3.8, 4) is 0 Å². The van der Waals surface area contributed by atoms with Crippen LogP contribution in [-0.4, -0.2) is 29.7 Å². The zero-order chi connectivity index (χ0) is 19.2. The second-order valence-corrected chi connectivity index (χ2v) is 7.88. The van der Waals surface area contributed by atoms with Gasteiger partial charge >= 0.3 is 12.1 Å². The molecule has 26 heavy (non-hydrogen) atoms. The molecular weight excluding hydrogens is 332 g/mol. The molecule has 2 rings (SSSR count). The summed E-state index contributed by atoms with van der Waals surface area (Å²) in [7, 11) is 0. The summed E-state index contributed by atoms with van der Waals surface area (Å²) >= 11 is 0. The molecule has 0 spiro atoms. The first-order valence-corrected chi connectivity index (χ1v) is 9.20.